The molecular formula is C14H17N3O4. The number of carboxylic acids is 1. The monoisotopic (exact) mass is 291 g/mol. The second kappa shape index (κ2) is 5.43. The number of carboxylic acid groups (broad SMARTS) is 1. The van der Waals surface area contributed by atoms with E-state index in [1.165, 1.54) is 6.92 Å². The third-order valence-corrected chi connectivity index (χ3v) is 3.24. The predicted molar refractivity (Wildman–Crippen MR) is 74.6 cm³/mol. The van der Waals surface area contributed by atoms with Crippen LogP contribution in [0.3, 0.4) is 0 Å². The smallest absolute Gasteiger partial charge is 0.325 e. The van der Waals surface area contributed by atoms with Crippen molar-refractivity contribution in [1.82, 2.24) is 15.0 Å². The lowest BCUT2D eigenvalue weighted by molar-refractivity contribution is -0.138. The summed E-state index contributed by atoms with van der Waals surface area (Å²) in [5.41, 5.74) is 1.91. The molecule has 21 heavy (non-hydrogen) atoms. The van der Waals surface area contributed by atoms with Crippen LogP contribution in [0.2, 0.25) is 0 Å². The molecule has 0 aliphatic carbocycles. The molecule has 112 valence electrons. The van der Waals surface area contributed by atoms with Crippen molar-refractivity contribution in [1.29, 1.82) is 0 Å². The lowest BCUT2D eigenvalue weighted by Crippen LogP contribution is -2.38. The number of nitrogens with one attached hydrogen (secondary N) is 1. The number of aliphatic carboxylic acids is 1. The first-order chi connectivity index (χ1) is 9.81. The molecule has 0 fully saturated rings. The van der Waals surface area contributed by atoms with Crippen LogP contribution in [0.15, 0.2) is 16.7 Å². The lowest BCUT2D eigenvalue weighted by Gasteiger charge is -2.09. The van der Waals surface area contributed by atoms with Gasteiger partial charge in [-0.1, -0.05) is 5.16 Å². The van der Waals surface area contributed by atoms with E-state index in [-0.39, 0.29) is 0 Å². The zero-order valence-electron chi connectivity index (χ0n) is 12.3. The molecular weight excluding hydrogens is 274 g/mol. The Bertz CT molecular complexity index is 699. The lowest BCUT2D eigenvalue weighted by atomic mass is 10.2. The van der Waals surface area contributed by atoms with Crippen LogP contribution in [0, 0.1) is 20.8 Å². The molecule has 2 rings (SSSR count). The molecule has 1 atom stereocenters. The first-order valence-corrected chi connectivity index (χ1v) is 6.47. The SMILES string of the molecule is Cc1cc(-n2c(C)cc(C(=O)N[C@@H](C)C(=O)O)c2C)no1. The van der Waals surface area contributed by atoms with Gasteiger partial charge >= 0.3 is 5.97 Å². The van der Waals surface area contributed by atoms with E-state index < -0.39 is 17.9 Å². The van der Waals surface area contributed by atoms with Gasteiger partial charge in [-0.2, -0.15) is 0 Å². The van der Waals surface area contributed by atoms with Crippen LogP contribution in [-0.4, -0.2) is 32.7 Å². The van der Waals surface area contributed by atoms with E-state index in [2.05, 4.69) is 10.5 Å². The third-order valence-electron chi connectivity index (χ3n) is 3.24. The molecule has 0 radical (unpaired) electrons. The molecule has 0 saturated heterocycles. The van der Waals surface area contributed by atoms with Gasteiger partial charge in [-0.15, -0.1) is 0 Å². The molecule has 2 aromatic heterocycles. The summed E-state index contributed by atoms with van der Waals surface area (Å²) in [5, 5.41) is 15.2. The van der Waals surface area contributed by atoms with Gasteiger partial charge < -0.3 is 14.9 Å². The summed E-state index contributed by atoms with van der Waals surface area (Å²) in [5.74, 6) is -0.246. The van der Waals surface area contributed by atoms with E-state index in [0.29, 0.717) is 22.8 Å². The molecule has 0 aliphatic rings. The van der Waals surface area contributed by atoms with Gasteiger partial charge in [-0.25, -0.2) is 0 Å². The number of carbonyl (C=O) groups is 2. The van der Waals surface area contributed by atoms with Crippen LogP contribution in [0.1, 0.15) is 34.4 Å². The Morgan fingerprint density at radius 2 is 2.00 bits per heavy atom. The molecule has 2 N–H and O–H groups in total. The average Bonchev–Trinajstić information content (AvgIpc) is 2.93. The Hall–Kier alpha value is -2.57. The maximum Gasteiger partial charge on any atom is 0.325 e. The number of nitrogens with zero attached hydrogens (tertiary/aromatic N) is 2. The average molecular weight is 291 g/mol. The number of aryl methyl sites for hydroxylation is 2. The van der Waals surface area contributed by atoms with Crippen molar-refractivity contribution in [3.05, 3.63) is 34.8 Å². The fraction of sp³-hybridized carbons (Fsp3) is 0.357. The van der Waals surface area contributed by atoms with Gasteiger partial charge in [0.25, 0.3) is 5.91 Å². The zero-order chi connectivity index (χ0) is 15.7. The highest BCUT2D eigenvalue weighted by Gasteiger charge is 2.21. The van der Waals surface area contributed by atoms with Gasteiger partial charge in [-0.3, -0.25) is 14.2 Å². The first-order valence-electron chi connectivity index (χ1n) is 6.47. The van der Waals surface area contributed by atoms with Crippen LogP contribution in [0.25, 0.3) is 5.82 Å². The van der Waals surface area contributed by atoms with Crippen molar-refractivity contribution in [2.24, 2.45) is 0 Å². The standard InChI is InChI=1S/C14H17N3O4/c1-7-5-11(13(18)15-9(3)14(19)20)10(4)17(7)12-6-8(2)21-16-12/h5-6,9H,1-4H3,(H,15,18)(H,19,20)/t9-/m0/s1. The summed E-state index contributed by atoms with van der Waals surface area (Å²) >= 11 is 0. The molecule has 0 saturated carbocycles. The second-order valence-electron chi connectivity index (χ2n) is 4.95. The highest BCUT2D eigenvalue weighted by molar-refractivity contribution is 5.97. The number of hydrogen-bond donors (Lipinski definition) is 2. The molecule has 0 bridgehead atoms. The Kier molecular flexibility index (Phi) is 3.84. The van der Waals surface area contributed by atoms with E-state index in [1.54, 1.807) is 30.5 Å². The first kappa shape index (κ1) is 14.8. The fourth-order valence-corrected chi connectivity index (χ4v) is 2.14. The van der Waals surface area contributed by atoms with Gasteiger partial charge in [0.15, 0.2) is 5.82 Å². The fourth-order valence-electron chi connectivity index (χ4n) is 2.14. The summed E-state index contributed by atoms with van der Waals surface area (Å²) in [7, 11) is 0. The molecule has 0 spiro atoms. The van der Waals surface area contributed by atoms with Crippen LogP contribution < -0.4 is 5.32 Å². The van der Waals surface area contributed by atoms with Crippen molar-refractivity contribution in [2.45, 2.75) is 33.7 Å². The van der Waals surface area contributed by atoms with Gasteiger partial charge in [-0.05, 0) is 33.8 Å². The summed E-state index contributed by atoms with van der Waals surface area (Å²) in [6.07, 6.45) is 0. The number of amides is 1. The molecule has 2 heterocycles. The van der Waals surface area contributed by atoms with Crippen molar-refractivity contribution < 1.29 is 19.2 Å². The molecule has 0 aliphatic heterocycles. The number of hydrogen-bond acceptors (Lipinski definition) is 4. The van der Waals surface area contributed by atoms with Crippen molar-refractivity contribution in [3.8, 4) is 5.82 Å². The Morgan fingerprint density at radius 3 is 2.52 bits per heavy atom. The number of carbonyl (C=O) groups excluding carboxylic acids is 1. The molecule has 1 amide bonds. The van der Waals surface area contributed by atoms with Gasteiger partial charge in [0.1, 0.15) is 11.8 Å². The molecule has 0 aromatic carbocycles. The Labute approximate surface area is 121 Å². The van der Waals surface area contributed by atoms with Crippen molar-refractivity contribution in [2.75, 3.05) is 0 Å². The summed E-state index contributed by atoms with van der Waals surface area (Å²) in [6, 6.07) is 2.51. The van der Waals surface area contributed by atoms with Crippen LogP contribution in [0.4, 0.5) is 0 Å². The van der Waals surface area contributed by atoms with E-state index in [4.69, 9.17) is 9.63 Å². The molecule has 0 unspecified atom stereocenters. The van der Waals surface area contributed by atoms with Gasteiger partial charge in [0, 0.05) is 17.5 Å². The van der Waals surface area contributed by atoms with Crippen LogP contribution in [0.5, 0.6) is 0 Å². The third kappa shape index (κ3) is 2.81. The normalized spacial score (nSPS) is 12.2. The zero-order valence-corrected chi connectivity index (χ0v) is 12.3. The minimum Gasteiger partial charge on any atom is -0.480 e. The van der Waals surface area contributed by atoms with E-state index in [0.717, 1.165) is 5.69 Å². The Balaban J connectivity index is 2.35. The number of rotatable bonds is 4. The molecule has 2 aromatic rings. The van der Waals surface area contributed by atoms with Crippen molar-refractivity contribution in [3.63, 3.8) is 0 Å². The summed E-state index contributed by atoms with van der Waals surface area (Å²) in [6.45, 7) is 6.82. The maximum absolute atomic E-state index is 12.2. The minimum absolute atomic E-state index is 0.418. The quantitative estimate of drug-likeness (QED) is 0.891. The minimum atomic E-state index is -1.08. The largest absolute Gasteiger partial charge is 0.480 e. The topological polar surface area (TPSA) is 97.4 Å². The number of aromatic nitrogens is 2. The predicted octanol–water partition coefficient (Wildman–Crippen LogP) is 1.59. The maximum atomic E-state index is 12.2. The molecule has 7 heteroatoms. The highest BCUT2D eigenvalue weighted by Crippen LogP contribution is 2.20. The van der Waals surface area contributed by atoms with Gasteiger partial charge in [0.2, 0.25) is 0 Å². The van der Waals surface area contributed by atoms with E-state index in [9.17, 15) is 9.59 Å². The van der Waals surface area contributed by atoms with Crippen molar-refractivity contribution >= 4 is 11.9 Å². The van der Waals surface area contributed by atoms with Crippen LogP contribution >= 0.6 is 0 Å². The summed E-state index contributed by atoms with van der Waals surface area (Å²) < 4.78 is 6.83. The second-order valence-corrected chi connectivity index (χ2v) is 4.95. The Morgan fingerprint density at radius 1 is 1.33 bits per heavy atom. The van der Waals surface area contributed by atoms with Crippen LogP contribution in [-0.2, 0) is 4.79 Å². The highest BCUT2D eigenvalue weighted by atomic mass is 16.5. The van der Waals surface area contributed by atoms with E-state index >= 15 is 0 Å². The van der Waals surface area contributed by atoms with E-state index in [1.807, 2.05) is 6.92 Å². The van der Waals surface area contributed by atoms with Gasteiger partial charge in [0.05, 0.1) is 5.56 Å². The molecule has 7 nitrogen and oxygen atoms in total. The summed E-state index contributed by atoms with van der Waals surface area (Å²) in [4.78, 5) is 23.0.